The fourth-order valence-corrected chi connectivity index (χ4v) is 3.38. The van der Waals surface area contributed by atoms with Gasteiger partial charge in [0.05, 0.1) is 0 Å². The van der Waals surface area contributed by atoms with Gasteiger partial charge >= 0.3 is 0 Å². The maximum absolute atomic E-state index is 6.16. The van der Waals surface area contributed by atoms with E-state index >= 15 is 0 Å². The van der Waals surface area contributed by atoms with Crippen molar-refractivity contribution in [2.24, 2.45) is 5.92 Å². The summed E-state index contributed by atoms with van der Waals surface area (Å²) in [5, 5.41) is 10.4. The van der Waals surface area contributed by atoms with E-state index in [4.69, 9.17) is 16.0 Å². The molecule has 0 amide bonds. The van der Waals surface area contributed by atoms with Crippen molar-refractivity contribution >= 4 is 22.5 Å². The second kappa shape index (κ2) is 6.96. The zero-order valence-corrected chi connectivity index (χ0v) is 15.6. The van der Waals surface area contributed by atoms with Crippen molar-refractivity contribution in [3.8, 4) is 11.6 Å². The lowest BCUT2D eigenvalue weighted by Gasteiger charge is -2.09. The molecule has 5 heteroatoms. The fraction of sp³-hybridized carbons (Fsp3) is 0.238. The van der Waals surface area contributed by atoms with Crippen molar-refractivity contribution in [2.75, 3.05) is 0 Å². The van der Waals surface area contributed by atoms with Crippen LogP contribution in [-0.4, -0.2) is 14.8 Å². The lowest BCUT2D eigenvalue weighted by Crippen LogP contribution is -2.01. The van der Waals surface area contributed by atoms with Crippen LogP contribution >= 0.6 is 11.6 Å². The van der Waals surface area contributed by atoms with Crippen LogP contribution in [0.2, 0.25) is 5.02 Å². The first-order valence-electron chi connectivity index (χ1n) is 8.75. The molecule has 0 aliphatic rings. The summed E-state index contributed by atoms with van der Waals surface area (Å²) in [6.45, 7) is 4.96. The molecule has 2 aromatic heterocycles. The fourth-order valence-electron chi connectivity index (χ4n) is 3.16. The summed E-state index contributed by atoms with van der Waals surface area (Å²) in [5.74, 6) is 1.70. The number of benzene rings is 2. The van der Waals surface area contributed by atoms with Gasteiger partial charge in [0.25, 0.3) is 5.89 Å². The zero-order valence-electron chi connectivity index (χ0n) is 14.8. The predicted molar refractivity (Wildman–Crippen MR) is 104 cm³/mol. The van der Waals surface area contributed by atoms with Gasteiger partial charge in [-0.25, -0.2) is 0 Å². The van der Waals surface area contributed by atoms with E-state index in [9.17, 15) is 0 Å². The van der Waals surface area contributed by atoms with Gasteiger partial charge in [-0.15, -0.1) is 10.2 Å². The molecule has 0 fully saturated rings. The molecule has 2 aromatic carbocycles. The summed E-state index contributed by atoms with van der Waals surface area (Å²) in [6, 6.07) is 18.3. The van der Waals surface area contributed by atoms with Crippen molar-refractivity contribution in [1.82, 2.24) is 14.8 Å². The first-order chi connectivity index (χ1) is 12.6. The molecule has 0 radical (unpaired) electrons. The van der Waals surface area contributed by atoms with E-state index in [1.807, 2.05) is 30.3 Å². The molecule has 4 rings (SSSR count). The average molecular weight is 366 g/mol. The van der Waals surface area contributed by atoms with Gasteiger partial charge in [0.15, 0.2) is 0 Å². The van der Waals surface area contributed by atoms with Crippen LogP contribution in [0.4, 0.5) is 0 Å². The van der Waals surface area contributed by atoms with Crippen LogP contribution in [0.15, 0.2) is 59.0 Å². The molecule has 0 atom stereocenters. The van der Waals surface area contributed by atoms with Crippen molar-refractivity contribution in [3.05, 3.63) is 71.1 Å². The molecule has 26 heavy (non-hydrogen) atoms. The molecule has 4 nitrogen and oxygen atoms in total. The molecule has 0 saturated heterocycles. The average Bonchev–Trinajstić information content (AvgIpc) is 3.19. The molecular formula is C21H20ClN3O. The Morgan fingerprint density at radius 3 is 2.69 bits per heavy atom. The van der Waals surface area contributed by atoms with E-state index < -0.39 is 0 Å². The molecule has 0 aliphatic heterocycles. The molecule has 132 valence electrons. The lowest BCUT2D eigenvalue weighted by molar-refractivity contribution is 0.464. The number of fused-ring (bicyclic) bond motifs is 1. The summed E-state index contributed by atoms with van der Waals surface area (Å²) in [4.78, 5) is 0. The molecule has 0 N–H and O–H groups in total. The van der Waals surface area contributed by atoms with Crippen LogP contribution in [0.1, 0.15) is 25.3 Å². The number of hydrogen-bond donors (Lipinski definition) is 0. The Morgan fingerprint density at radius 1 is 1.04 bits per heavy atom. The largest absolute Gasteiger partial charge is 0.419 e. The first-order valence-corrected chi connectivity index (χ1v) is 9.13. The van der Waals surface area contributed by atoms with E-state index in [1.165, 1.54) is 0 Å². The number of rotatable bonds is 5. The highest BCUT2D eigenvalue weighted by atomic mass is 35.5. The van der Waals surface area contributed by atoms with Crippen molar-refractivity contribution < 1.29 is 4.42 Å². The number of nitrogens with zero attached hydrogens (tertiary/aromatic N) is 3. The Labute approximate surface area is 157 Å². The standard InChI is InChI=1S/C21H20ClN3O/c1-14(2)10-20-23-24-21(26-20)19-12-16-7-3-4-9-18(16)25(19)13-15-6-5-8-17(22)11-15/h3-9,11-12,14H,10,13H2,1-2H3. The number of aromatic nitrogens is 3. The van der Waals surface area contributed by atoms with Gasteiger partial charge in [0.2, 0.25) is 5.89 Å². The summed E-state index contributed by atoms with van der Waals surface area (Å²) >= 11 is 6.16. The maximum atomic E-state index is 6.16. The lowest BCUT2D eigenvalue weighted by atomic mass is 10.1. The van der Waals surface area contributed by atoms with Gasteiger partial charge < -0.3 is 8.98 Å². The summed E-state index contributed by atoms with van der Waals surface area (Å²) in [6.07, 6.45) is 0.779. The minimum Gasteiger partial charge on any atom is -0.419 e. The van der Waals surface area contributed by atoms with Gasteiger partial charge in [0.1, 0.15) is 5.69 Å². The van der Waals surface area contributed by atoms with Crippen LogP contribution in [0.3, 0.4) is 0 Å². The molecule has 2 heterocycles. The van der Waals surface area contributed by atoms with Gasteiger partial charge in [-0.2, -0.15) is 0 Å². The maximum Gasteiger partial charge on any atom is 0.264 e. The number of para-hydroxylation sites is 1. The third-order valence-electron chi connectivity index (χ3n) is 4.31. The minimum atomic E-state index is 0.473. The monoisotopic (exact) mass is 365 g/mol. The Balaban J connectivity index is 1.80. The third-order valence-corrected chi connectivity index (χ3v) is 4.54. The normalized spacial score (nSPS) is 11.5. The minimum absolute atomic E-state index is 0.473. The molecule has 0 aliphatic carbocycles. The molecule has 0 unspecified atom stereocenters. The molecule has 0 saturated carbocycles. The predicted octanol–water partition coefficient (Wildman–Crippen LogP) is 5.59. The molecule has 0 spiro atoms. The van der Waals surface area contributed by atoms with Gasteiger partial charge in [-0.05, 0) is 35.7 Å². The van der Waals surface area contributed by atoms with Crippen molar-refractivity contribution in [2.45, 2.75) is 26.8 Å². The molecule has 4 aromatic rings. The van der Waals surface area contributed by atoms with Crippen LogP contribution < -0.4 is 0 Å². The van der Waals surface area contributed by atoms with E-state index in [0.29, 0.717) is 24.2 Å². The van der Waals surface area contributed by atoms with Crippen LogP contribution in [0, 0.1) is 5.92 Å². The summed E-state index contributed by atoms with van der Waals surface area (Å²) < 4.78 is 8.15. The van der Waals surface area contributed by atoms with Crippen LogP contribution in [0.5, 0.6) is 0 Å². The SMILES string of the molecule is CC(C)Cc1nnc(-c2cc3ccccc3n2Cc2cccc(Cl)c2)o1. The van der Waals surface area contributed by atoms with Gasteiger partial charge in [-0.3, -0.25) is 0 Å². The van der Waals surface area contributed by atoms with E-state index in [1.54, 1.807) is 0 Å². The van der Waals surface area contributed by atoms with Crippen LogP contribution in [-0.2, 0) is 13.0 Å². The van der Waals surface area contributed by atoms with E-state index in [-0.39, 0.29) is 0 Å². The zero-order chi connectivity index (χ0) is 18.1. The Hall–Kier alpha value is -2.59. The Bertz CT molecular complexity index is 1050. The molecule has 0 bridgehead atoms. The van der Waals surface area contributed by atoms with Gasteiger partial charge in [-0.1, -0.05) is 55.8 Å². The number of hydrogen-bond acceptors (Lipinski definition) is 3. The van der Waals surface area contributed by atoms with E-state index in [2.05, 4.69) is 52.9 Å². The topological polar surface area (TPSA) is 43.9 Å². The first kappa shape index (κ1) is 16.9. The molecular weight excluding hydrogens is 346 g/mol. The Kier molecular flexibility index (Phi) is 4.51. The van der Waals surface area contributed by atoms with Crippen LogP contribution in [0.25, 0.3) is 22.5 Å². The van der Waals surface area contributed by atoms with Crippen molar-refractivity contribution in [1.29, 1.82) is 0 Å². The highest BCUT2D eigenvalue weighted by molar-refractivity contribution is 6.30. The van der Waals surface area contributed by atoms with Crippen molar-refractivity contribution in [3.63, 3.8) is 0 Å². The summed E-state index contributed by atoms with van der Waals surface area (Å²) in [7, 11) is 0. The number of halogens is 1. The smallest absolute Gasteiger partial charge is 0.264 e. The quantitative estimate of drug-likeness (QED) is 0.463. The Morgan fingerprint density at radius 2 is 1.88 bits per heavy atom. The third kappa shape index (κ3) is 3.37. The highest BCUT2D eigenvalue weighted by Crippen LogP contribution is 2.29. The second-order valence-corrected chi connectivity index (χ2v) is 7.34. The van der Waals surface area contributed by atoms with Gasteiger partial charge in [0, 0.05) is 28.9 Å². The summed E-state index contributed by atoms with van der Waals surface area (Å²) in [5.41, 5.74) is 3.18. The second-order valence-electron chi connectivity index (χ2n) is 6.90. The highest BCUT2D eigenvalue weighted by Gasteiger charge is 2.17. The van der Waals surface area contributed by atoms with E-state index in [0.717, 1.165) is 33.6 Å².